The van der Waals surface area contributed by atoms with E-state index in [1.54, 1.807) is 30.3 Å². The SMILES string of the molecule is COc1cc(C(N)=O)ccc1NCC#Cc1cc2c(N[C@@H]3CCN(C)C[C@@H]3F)cccc2n1CC(F)(F)F. The van der Waals surface area contributed by atoms with Crippen molar-refractivity contribution in [3.05, 3.63) is 53.7 Å². The van der Waals surface area contributed by atoms with E-state index in [1.165, 1.54) is 19.2 Å². The van der Waals surface area contributed by atoms with Crippen LogP contribution in [0.25, 0.3) is 10.9 Å². The number of carbonyl (C=O) groups excluding carboxylic acids is 1. The molecule has 1 aliphatic rings. The number of rotatable bonds is 7. The Morgan fingerprint density at radius 2 is 2.00 bits per heavy atom. The number of likely N-dealkylation sites (tertiary alicyclic amines) is 1. The van der Waals surface area contributed by atoms with Gasteiger partial charge in [0.05, 0.1) is 36.6 Å². The first kappa shape index (κ1) is 27.1. The summed E-state index contributed by atoms with van der Waals surface area (Å²) >= 11 is 0. The largest absolute Gasteiger partial charge is 0.495 e. The van der Waals surface area contributed by atoms with Crippen molar-refractivity contribution in [1.29, 1.82) is 0 Å². The molecule has 1 saturated heterocycles. The van der Waals surface area contributed by atoms with Crippen molar-refractivity contribution in [2.45, 2.75) is 31.4 Å². The van der Waals surface area contributed by atoms with Crippen molar-refractivity contribution in [3.8, 4) is 17.6 Å². The van der Waals surface area contributed by atoms with Gasteiger partial charge >= 0.3 is 6.18 Å². The molecule has 1 amide bonds. The maximum atomic E-state index is 14.6. The van der Waals surface area contributed by atoms with E-state index >= 15 is 0 Å². The maximum Gasteiger partial charge on any atom is 0.406 e. The molecule has 11 heteroatoms. The molecule has 38 heavy (non-hydrogen) atoms. The molecule has 3 aromatic rings. The molecular weight excluding hydrogens is 502 g/mol. The first-order valence-corrected chi connectivity index (χ1v) is 12.0. The summed E-state index contributed by atoms with van der Waals surface area (Å²) in [4.78, 5) is 13.3. The third-order valence-corrected chi connectivity index (χ3v) is 6.44. The van der Waals surface area contributed by atoms with Crippen molar-refractivity contribution in [1.82, 2.24) is 9.47 Å². The number of fused-ring (bicyclic) bond motifs is 1. The van der Waals surface area contributed by atoms with Gasteiger partial charge in [0.15, 0.2) is 0 Å². The molecule has 7 nitrogen and oxygen atoms in total. The number of piperidine rings is 1. The number of ether oxygens (including phenoxy) is 1. The Labute approximate surface area is 217 Å². The number of nitrogens with one attached hydrogen (secondary N) is 2. The van der Waals surface area contributed by atoms with Gasteiger partial charge in [-0.25, -0.2) is 4.39 Å². The Morgan fingerprint density at radius 1 is 1.21 bits per heavy atom. The van der Waals surface area contributed by atoms with Crippen LogP contribution in [0.4, 0.5) is 28.9 Å². The third kappa shape index (κ3) is 6.31. The summed E-state index contributed by atoms with van der Waals surface area (Å²) in [6.07, 6.45) is -4.97. The van der Waals surface area contributed by atoms with E-state index in [0.717, 1.165) is 11.1 Å². The summed E-state index contributed by atoms with van der Waals surface area (Å²) < 4.78 is 61.4. The molecule has 1 aliphatic heterocycles. The van der Waals surface area contributed by atoms with Gasteiger partial charge in [-0.15, -0.1) is 0 Å². The fourth-order valence-corrected chi connectivity index (χ4v) is 4.55. The zero-order chi connectivity index (χ0) is 27.4. The van der Waals surface area contributed by atoms with Crippen LogP contribution < -0.4 is 21.1 Å². The lowest BCUT2D eigenvalue weighted by Gasteiger charge is -2.33. The van der Waals surface area contributed by atoms with E-state index in [2.05, 4.69) is 22.5 Å². The number of amides is 1. The minimum absolute atomic E-state index is 0.101. The molecule has 4 N–H and O–H groups in total. The topological polar surface area (TPSA) is 84.5 Å². The zero-order valence-electron chi connectivity index (χ0n) is 21.0. The molecule has 0 bridgehead atoms. The second kappa shape index (κ2) is 11.2. The van der Waals surface area contributed by atoms with Crippen molar-refractivity contribution in [2.24, 2.45) is 5.73 Å². The highest BCUT2D eigenvalue weighted by atomic mass is 19.4. The smallest absolute Gasteiger partial charge is 0.406 e. The summed E-state index contributed by atoms with van der Waals surface area (Å²) in [6.45, 7) is -0.0881. The van der Waals surface area contributed by atoms with E-state index < -0.39 is 30.8 Å². The number of methoxy groups -OCH3 is 1. The van der Waals surface area contributed by atoms with Gasteiger partial charge in [0.1, 0.15) is 18.5 Å². The fraction of sp³-hybridized carbons (Fsp3) is 0.370. The van der Waals surface area contributed by atoms with Crippen molar-refractivity contribution in [2.75, 3.05) is 44.4 Å². The average molecular weight is 532 g/mol. The molecule has 0 radical (unpaired) electrons. The minimum Gasteiger partial charge on any atom is -0.495 e. The molecular formula is C27H29F4N5O2. The molecule has 2 aromatic carbocycles. The predicted molar refractivity (Wildman–Crippen MR) is 139 cm³/mol. The van der Waals surface area contributed by atoms with Crippen LogP contribution in [-0.4, -0.2) is 67.6 Å². The van der Waals surface area contributed by atoms with Gasteiger partial charge < -0.3 is 30.6 Å². The lowest BCUT2D eigenvalue weighted by atomic mass is 10.0. The van der Waals surface area contributed by atoms with E-state index in [1.807, 2.05) is 11.9 Å². The van der Waals surface area contributed by atoms with Gasteiger partial charge in [0.2, 0.25) is 5.91 Å². The van der Waals surface area contributed by atoms with Crippen LogP contribution >= 0.6 is 0 Å². The van der Waals surface area contributed by atoms with Crippen molar-refractivity contribution in [3.63, 3.8) is 0 Å². The molecule has 1 fully saturated rings. The summed E-state index contributed by atoms with van der Waals surface area (Å²) in [6, 6.07) is 10.8. The van der Waals surface area contributed by atoms with Crippen LogP contribution in [0.5, 0.6) is 5.75 Å². The number of aromatic nitrogens is 1. The number of nitrogens with two attached hydrogens (primary N) is 1. The van der Waals surface area contributed by atoms with Crippen LogP contribution in [0.1, 0.15) is 22.5 Å². The van der Waals surface area contributed by atoms with Crippen LogP contribution in [0.2, 0.25) is 0 Å². The van der Waals surface area contributed by atoms with Gasteiger partial charge in [-0.1, -0.05) is 12.0 Å². The van der Waals surface area contributed by atoms with E-state index in [4.69, 9.17) is 10.5 Å². The number of carbonyl (C=O) groups is 1. The van der Waals surface area contributed by atoms with Crippen molar-refractivity contribution >= 4 is 28.2 Å². The fourth-order valence-electron chi connectivity index (χ4n) is 4.55. The monoisotopic (exact) mass is 531 g/mol. The van der Waals surface area contributed by atoms with Gasteiger partial charge in [0.25, 0.3) is 0 Å². The molecule has 4 rings (SSSR count). The summed E-state index contributed by atoms with van der Waals surface area (Å²) in [5, 5.41) is 6.79. The van der Waals surface area contributed by atoms with Gasteiger partial charge in [-0.05, 0) is 55.8 Å². The number of halogens is 4. The highest BCUT2D eigenvalue weighted by Gasteiger charge is 2.31. The number of hydrogen-bond acceptors (Lipinski definition) is 5. The molecule has 202 valence electrons. The molecule has 2 atom stereocenters. The van der Waals surface area contributed by atoms with E-state index in [9.17, 15) is 22.4 Å². The van der Waals surface area contributed by atoms with Gasteiger partial charge in [-0.2, -0.15) is 13.2 Å². The zero-order valence-corrected chi connectivity index (χ0v) is 21.0. The Kier molecular flexibility index (Phi) is 8.02. The highest BCUT2D eigenvalue weighted by Crippen LogP contribution is 2.31. The molecule has 0 spiro atoms. The van der Waals surface area contributed by atoms with Crippen LogP contribution in [0.3, 0.4) is 0 Å². The average Bonchev–Trinajstić information content (AvgIpc) is 3.20. The first-order valence-electron chi connectivity index (χ1n) is 12.0. The Balaban J connectivity index is 1.60. The minimum atomic E-state index is -4.46. The maximum absolute atomic E-state index is 14.6. The number of anilines is 2. The quantitative estimate of drug-likeness (QED) is 0.314. The molecule has 0 saturated carbocycles. The standard InChI is InChI=1S/C27H29F4N5O2/c1-35-12-10-22(20(28)15-35)34-21-6-3-7-24-19(21)14-18(36(24)16-27(29,30)31)5-4-11-33-23-9-8-17(26(32)37)13-25(23)38-2/h3,6-9,13-14,20,22,33-34H,10-12,15-16H2,1-2H3,(H2,32,37)/t20-,22+/m0/s1. The molecule has 0 unspecified atom stereocenters. The first-order chi connectivity index (χ1) is 18.1. The predicted octanol–water partition coefficient (Wildman–Crippen LogP) is 4.23. The summed E-state index contributed by atoms with van der Waals surface area (Å²) in [7, 11) is 3.29. The summed E-state index contributed by atoms with van der Waals surface area (Å²) in [5.41, 5.74) is 7.23. The lowest BCUT2D eigenvalue weighted by Crippen LogP contribution is -2.46. The Bertz CT molecular complexity index is 1380. The lowest BCUT2D eigenvalue weighted by molar-refractivity contribution is -0.140. The summed E-state index contributed by atoms with van der Waals surface area (Å²) in [5.74, 6) is 5.47. The van der Waals surface area contributed by atoms with Gasteiger partial charge in [0, 0.05) is 29.7 Å². The second-order valence-electron chi connectivity index (χ2n) is 9.22. The number of hydrogen-bond donors (Lipinski definition) is 3. The van der Waals surface area contributed by atoms with E-state index in [0.29, 0.717) is 41.0 Å². The normalized spacial score (nSPS) is 18.1. The van der Waals surface area contributed by atoms with E-state index in [-0.39, 0.29) is 17.8 Å². The molecule has 0 aliphatic carbocycles. The van der Waals surface area contributed by atoms with Crippen LogP contribution in [-0.2, 0) is 6.54 Å². The number of primary amides is 1. The third-order valence-electron chi connectivity index (χ3n) is 6.44. The highest BCUT2D eigenvalue weighted by molar-refractivity contribution is 5.94. The Hall–Kier alpha value is -3.91. The van der Waals surface area contributed by atoms with Crippen LogP contribution in [0.15, 0.2) is 42.5 Å². The number of nitrogens with zero attached hydrogens (tertiary/aromatic N) is 2. The number of benzene rings is 2. The second-order valence-corrected chi connectivity index (χ2v) is 9.22. The van der Waals surface area contributed by atoms with Crippen LogP contribution in [0, 0.1) is 11.8 Å². The van der Waals surface area contributed by atoms with Gasteiger partial charge in [-0.3, -0.25) is 4.79 Å². The number of alkyl halides is 4. The Morgan fingerprint density at radius 3 is 2.68 bits per heavy atom. The molecule has 2 heterocycles. The van der Waals surface area contributed by atoms with Crippen molar-refractivity contribution < 1.29 is 27.1 Å². The molecule has 1 aromatic heterocycles.